The van der Waals surface area contributed by atoms with Crippen molar-refractivity contribution in [3.63, 3.8) is 0 Å². The summed E-state index contributed by atoms with van der Waals surface area (Å²) in [7, 11) is 0. The van der Waals surface area contributed by atoms with Gasteiger partial charge >= 0.3 is 5.97 Å². The zero-order chi connectivity index (χ0) is 14.7. The molecule has 0 spiro atoms. The molecule has 2 unspecified atom stereocenters. The first-order chi connectivity index (χ1) is 10.2. The lowest BCUT2D eigenvalue weighted by molar-refractivity contribution is -0.136. The van der Waals surface area contributed by atoms with Crippen molar-refractivity contribution >= 4 is 5.97 Å². The maximum atomic E-state index is 10.7. The van der Waals surface area contributed by atoms with Gasteiger partial charge in [-0.25, -0.2) is 0 Å². The van der Waals surface area contributed by atoms with Gasteiger partial charge in [0.25, 0.3) is 0 Å². The van der Waals surface area contributed by atoms with Crippen molar-refractivity contribution in [1.29, 1.82) is 0 Å². The molecule has 4 heteroatoms. The van der Waals surface area contributed by atoms with E-state index in [1.165, 1.54) is 44.3 Å². The molecular weight excluding hydrogens is 264 g/mol. The van der Waals surface area contributed by atoms with Gasteiger partial charge in [0.1, 0.15) is 0 Å². The molecule has 0 radical (unpaired) electrons. The van der Waals surface area contributed by atoms with E-state index in [9.17, 15) is 4.79 Å². The molecule has 2 aliphatic heterocycles. The van der Waals surface area contributed by atoms with Gasteiger partial charge in [0.15, 0.2) is 0 Å². The number of carboxylic acid groups (broad SMARTS) is 1. The molecule has 0 saturated carbocycles. The molecule has 21 heavy (non-hydrogen) atoms. The van der Waals surface area contributed by atoms with Gasteiger partial charge in [0.05, 0.1) is 6.42 Å². The van der Waals surface area contributed by atoms with Crippen LogP contribution < -0.4 is 5.32 Å². The normalized spacial score (nSPS) is 25.7. The number of fused-ring (bicyclic) bond motifs is 1. The summed E-state index contributed by atoms with van der Waals surface area (Å²) in [5.41, 5.74) is 2.10. The van der Waals surface area contributed by atoms with Crippen molar-refractivity contribution in [2.75, 3.05) is 13.1 Å². The van der Waals surface area contributed by atoms with Gasteiger partial charge in [-0.15, -0.1) is 0 Å². The van der Waals surface area contributed by atoms with Crippen LogP contribution in [0.1, 0.15) is 36.8 Å². The van der Waals surface area contributed by atoms with Crippen LogP contribution >= 0.6 is 0 Å². The maximum absolute atomic E-state index is 10.7. The molecule has 1 aromatic rings. The van der Waals surface area contributed by atoms with E-state index in [1.807, 2.05) is 24.3 Å². The molecule has 2 saturated heterocycles. The van der Waals surface area contributed by atoms with Gasteiger partial charge in [-0.2, -0.15) is 0 Å². The fourth-order valence-corrected chi connectivity index (χ4v) is 3.62. The van der Waals surface area contributed by atoms with Crippen LogP contribution in [0.5, 0.6) is 0 Å². The minimum Gasteiger partial charge on any atom is -0.481 e. The van der Waals surface area contributed by atoms with Gasteiger partial charge in [0.2, 0.25) is 0 Å². The van der Waals surface area contributed by atoms with Crippen LogP contribution in [0.3, 0.4) is 0 Å². The van der Waals surface area contributed by atoms with E-state index in [0.717, 1.165) is 18.2 Å². The molecule has 0 bridgehead atoms. The Labute approximate surface area is 126 Å². The van der Waals surface area contributed by atoms with E-state index in [-0.39, 0.29) is 6.42 Å². The van der Waals surface area contributed by atoms with Crippen LogP contribution in [0.15, 0.2) is 24.3 Å². The number of nitrogens with one attached hydrogen (secondary N) is 1. The van der Waals surface area contributed by atoms with Crippen molar-refractivity contribution < 1.29 is 9.90 Å². The van der Waals surface area contributed by atoms with Crippen molar-refractivity contribution in [1.82, 2.24) is 10.2 Å². The lowest BCUT2D eigenvalue weighted by atomic mass is 9.97. The number of carbonyl (C=O) groups is 1. The zero-order valence-electron chi connectivity index (χ0n) is 12.4. The number of hydrogen-bond acceptors (Lipinski definition) is 3. The SMILES string of the molecule is O=C(O)Cc1ccc(CNC2CCN3CCCC3C2)cc1. The summed E-state index contributed by atoms with van der Waals surface area (Å²) in [6.45, 7) is 3.41. The molecule has 1 aromatic carbocycles. The van der Waals surface area contributed by atoms with Crippen LogP contribution in [-0.4, -0.2) is 41.1 Å². The minimum absolute atomic E-state index is 0.105. The highest BCUT2D eigenvalue weighted by Gasteiger charge is 2.31. The summed E-state index contributed by atoms with van der Waals surface area (Å²) >= 11 is 0. The molecular formula is C17H24N2O2. The molecule has 0 amide bonds. The Hall–Kier alpha value is -1.39. The van der Waals surface area contributed by atoms with Crippen molar-refractivity contribution in [3.05, 3.63) is 35.4 Å². The number of rotatable bonds is 5. The highest BCUT2D eigenvalue weighted by atomic mass is 16.4. The summed E-state index contributed by atoms with van der Waals surface area (Å²) in [4.78, 5) is 13.3. The van der Waals surface area contributed by atoms with Gasteiger partial charge in [0, 0.05) is 18.6 Å². The van der Waals surface area contributed by atoms with E-state index >= 15 is 0 Å². The number of hydrogen-bond donors (Lipinski definition) is 2. The fraction of sp³-hybridized carbons (Fsp3) is 0.588. The first kappa shape index (κ1) is 14.5. The summed E-state index contributed by atoms with van der Waals surface area (Å²) in [6.07, 6.45) is 5.35. The summed E-state index contributed by atoms with van der Waals surface area (Å²) in [5.74, 6) is -0.774. The molecule has 114 valence electrons. The lowest BCUT2D eigenvalue weighted by Crippen LogP contribution is -2.45. The largest absolute Gasteiger partial charge is 0.481 e. The number of piperidine rings is 1. The van der Waals surface area contributed by atoms with Crippen molar-refractivity contribution in [2.45, 2.75) is 50.7 Å². The van der Waals surface area contributed by atoms with E-state index in [1.54, 1.807) is 0 Å². The van der Waals surface area contributed by atoms with Gasteiger partial charge in [-0.05, 0) is 49.9 Å². The Bertz CT molecular complexity index is 486. The molecule has 2 N–H and O–H groups in total. The molecule has 2 fully saturated rings. The summed E-state index contributed by atoms with van der Waals surface area (Å²) in [5, 5.41) is 12.4. The molecule has 3 rings (SSSR count). The average molecular weight is 288 g/mol. The van der Waals surface area contributed by atoms with Crippen LogP contribution in [0, 0.1) is 0 Å². The van der Waals surface area contributed by atoms with Gasteiger partial charge < -0.3 is 15.3 Å². The quantitative estimate of drug-likeness (QED) is 0.870. The summed E-state index contributed by atoms with van der Waals surface area (Å²) in [6, 6.07) is 9.35. The van der Waals surface area contributed by atoms with E-state index in [0.29, 0.717) is 6.04 Å². The minimum atomic E-state index is -0.774. The fourth-order valence-electron chi connectivity index (χ4n) is 3.62. The number of carboxylic acids is 1. The third-order valence-electron chi connectivity index (χ3n) is 4.79. The molecule has 2 atom stereocenters. The zero-order valence-corrected chi connectivity index (χ0v) is 12.4. The molecule has 2 aliphatic rings. The number of nitrogens with zero attached hydrogens (tertiary/aromatic N) is 1. The lowest BCUT2D eigenvalue weighted by Gasteiger charge is -2.35. The Morgan fingerprint density at radius 2 is 1.95 bits per heavy atom. The average Bonchev–Trinajstić information content (AvgIpc) is 2.93. The molecule has 0 aromatic heterocycles. The Balaban J connectivity index is 1.47. The smallest absolute Gasteiger partial charge is 0.307 e. The van der Waals surface area contributed by atoms with Crippen LogP contribution in [0.4, 0.5) is 0 Å². The maximum Gasteiger partial charge on any atom is 0.307 e. The van der Waals surface area contributed by atoms with Crippen LogP contribution in [0.2, 0.25) is 0 Å². The standard InChI is InChI=1S/C17H24N2O2/c20-17(21)10-13-3-5-14(6-4-13)12-18-15-7-9-19-8-1-2-16(19)11-15/h3-6,15-16,18H,1-2,7-12H2,(H,20,21). The second-order valence-electron chi connectivity index (χ2n) is 6.32. The molecule has 4 nitrogen and oxygen atoms in total. The highest BCUT2D eigenvalue weighted by Crippen LogP contribution is 2.26. The highest BCUT2D eigenvalue weighted by molar-refractivity contribution is 5.70. The van der Waals surface area contributed by atoms with E-state index < -0.39 is 5.97 Å². The molecule has 0 aliphatic carbocycles. The predicted octanol–water partition coefficient (Wildman–Crippen LogP) is 2.03. The van der Waals surface area contributed by atoms with Crippen LogP contribution in [0.25, 0.3) is 0 Å². The van der Waals surface area contributed by atoms with Gasteiger partial charge in [-0.3, -0.25) is 4.79 Å². The first-order valence-electron chi connectivity index (χ1n) is 7.98. The summed E-state index contributed by atoms with van der Waals surface area (Å²) < 4.78 is 0. The second-order valence-corrected chi connectivity index (χ2v) is 6.32. The molecule has 2 heterocycles. The monoisotopic (exact) mass is 288 g/mol. The Morgan fingerprint density at radius 1 is 1.19 bits per heavy atom. The predicted molar refractivity (Wildman–Crippen MR) is 82.2 cm³/mol. The van der Waals surface area contributed by atoms with Crippen molar-refractivity contribution in [2.24, 2.45) is 0 Å². The second kappa shape index (κ2) is 6.58. The number of aliphatic carboxylic acids is 1. The Kier molecular flexibility index (Phi) is 4.56. The van der Waals surface area contributed by atoms with E-state index in [2.05, 4.69) is 10.2 Å². The van der Waals surface area contributed by atoms with E-state index in [4.69, 9.17) is 5.11 Å². The first-order valence-corrected chi connectivity index (χ1v) is 7.98. The topological polar surface area (TPSA) is 52.6 Å². The third-order valence-corrected chi connectivity index (χ3v) is 4.79. The Morgan fingerprint density at radius 3 is 2.71 bits per heavy atom. The third kappa shape index (κ3) is 3.83. The van der Waals surface area contributed by atoms with Gasteiger partial charge in [-0.1, -0.05) is 24.3 Å². The number of benzene rings is 1. The van der Waals surface area contributed by atoms with Crippen molar-refractivity contribution in [3.8, 4) is 0 Å². The van der Waals surface area contributed by atoms with Crippen LogP contribution in [-0.2, 0) is 17.8 Å².